The van der Waals surface area contributed by atoms with Crippen LogP contribution in [0.4, 0.5) is 5.69 Å². The molecule has 0 spiro atoms. The second-order valence-corrected chi connectivity index (χ2v) is 7.32. The van der Waals surface area contributed by atoms with Crippen molar-refractivity contribution >= 4 is 17.7 Å². The molecule has 4 nitrogen and oxygen atoms in total. The molecule has 1 saturated heterocycles. The standard InChI is InChI=1S/C26H26N2O2/c29-26(16-11-22-7-3-1-4-8-22)28-19-17-27(18-20-28)24-12-14-25(15-13-24)30-21-23-9-5-2-6-10-23/h1-16H,17-21H2/b16-11+. The average molecular weight is 399 g/mol. The monoisotopic (exact) mass is 398 g/mol. The van der Waals surface area contributed by atoms with Gasteiger partial charge in [0.1, 0.15) is 12.4 Å². The van der Waals surface area contributed by atoms with E-state index in [1.807, 2.05) is 71.6 Å². The topological polar surface area (TPSA) is 32.8 Å². The molecule has 30 heavy (non-hydrogen) atoms. The molecule has 0 radical (unpaired) electrons. The van der Waals surface area contributed by atoms with Gasteiger partial charge < -0.3 is 14.5 Å². The Morgan fingerprint density at radius 3 is 2.10 bits per heavy atom. The molecule has 1 heterocycles. The lowest BCUT2D eigenvalue weighted by Gasteiger charge is -2.35. The lowest BCUT2D eigenvalue weighted by molar-refractivity contribution is -0.126. The second-order valence-electron chi connectivity index (χ2n) is 7.32. The molecule has 4 heteroatoms. The first-order chi connectivity index (χ1) is 14.8. The van der Waals surface area contributed by atoms with Crippen LogP contribution in [0.25, 0.3) is 6.08 Å². The van der Waals surface area contributed by atoms with Gasteiger partial charge in [-0.2, -0.15) is 0 Å². The molecule has 1 aliphatic rings. The quantitative estimate of drug-likeness (QED) is 0.568. The molecule has 1 amide bonds. The van der Waals surface area contributed by atoms with Crippen molar-refractivity contribution in [1.29, 1.82) is 0 Å². The normalized spacial score (nSPS) is 14.1. The molecule has 0 aliphatic carbocycles. The van der Waals surface area contributed by atoms with Crippen molar-refractivity contribution in [2.75, 3.05) is 31.1 Å². The Hall–Kier alpha value is -3.53. The fourth-order valence-corrected chi connectivity index (χ4v) is 3.52. The van der Waals surface area contributed by atoms with Crippen LogP contribution in [0, 0.1) is 0 Å². The second kappa shape index (κ2) is 9.79. The predicted molar refractivity (Wildman–Crippen MR) is 121 cm³/mol. The summed E-state index contributed by atoms with van der Waals surface area (Å²) in [4.78, 5) is 16.7. The van der Waals surface area contributed by atoms with Gasteiger partial charge in [-0.3, -0.25) is 4.79 Å². The zero-order chi connectivity index (χ0) is 20.6. The van der Waals surface area contributed by atoms with E-state index in [9.17, 15) is 4.79 Å². The van der Waals surface area contributed by atoms with Gasteiger partial charge in [-0.25, -0.2) is 0 Å². The smallest absolute Gasteiger partial charge is 0.246 e. The Kier molecular flexibility index (Phi) is 6.45. The third-order valence-corrected chi connectivity index (χ3v) is 5.26. The largest absolute Gasteiger partial charge is 0.489 e. The number of nitrogens with zero attached hydrogens (tertiary/aromatic N) is 2. The van der Waals surface area contributed by atoms with Crippen molar-refractivity contribution < 1.29 is 9.53 Å². The molecule has 1 aliphatic heterocycles. The van der Waals surface area contributed by atoms with E-state index in [-0.39, 0.29) is 5.91 Å². The molecule has 0 N–H and O–H groups in total. The Labute approximate surface area is 178 Å². The van der Waals surface area contributed by atoms with Crippen LogP contribution in [-0.2, 0) is 11.4 Å². The predicted octanol–water partition coefficient (Wildman–Crippen LogP) is 4.63. The number of piperazine rings is 1. The van der Waals surface area contributed by atoms with Gasteiger partial charge in [0.2, 0.25) is 5.91 Å². The SMILES string of the molecule is O=C(/C=C/c1ccccc1)N1CCN(c2ccc(OCc3ccccc3)cc2)CC1. The highest BCUT2D eigenvalue weighted by atomic mass is 16.5. The molecular formula is C26H26N2O2. The minimum Gasteiger partial charge on any atom is -0.489 e. The number of carbonyl (C=O) groups excluding carboxylic acids is 1. The number of benzene rings is 3. The number of ether oxygens (including phenoxy) is 1. The highest BCUT2D eigenvalue weighted by molar-refractivity contribution is 5.92. The van der Waals surface area contributed by atoms with Gasteiger partial charge in [-0.1, -0.05) is 60.7 Å². The third kappa shape index (κ3) is 5.29. The van der Waals surface area contributed by atoms with E-state index in [1.54, 1.807) is 6.08 Å². The summed E-state index contributed by atoms with van der Waals surface area (Å²) in [5, 5.41) is 0. The summed E-state index contributed by atoms with van der Waals surface area (Å²) in [6.07, 6.45) is 3.55. The van der Waals surface area contributed by atoms with Crippen molar-refractivity contribution in [2.45, 2.75) is 6.61 Å². The Morgan fingerprint density at radius 1 is 0.800 bits per heavy atom. The summed E-state index contributed by atoms with van der Waals surface area (Å²) >= 11 is 0. The molecule has 4 rings (SSSR count). The van der Waals surface area contributed by atoms with Gasteiger partial charge in [0, 0.05) is 37.9 Å². The summed E-state index contributed by atoms with van der Waals surface area (Å²) < 4.78 is 5.87. The average Bonchev–Trinajstić information content (AvgIpc) is 2.83. The van der Waals surface area contributed by atoms with Crippen LogP contribution in [0.15, 0.2) is 91.0 Å². The highest BCUT2D eigenvalue weighted by Gasteiger charge is 2.19. The molecule has 0 aromatic heterocycles. The fraction of sp³-hybridized carbons (Fsp3) is 0.192. The number of rotatable bonds is 6. The van der Waals surface area contributed by atoms with Crippen LogP contribution in [0.1, 0.15) is 11.1 Å². The van der Waals surface area contributed by atoms with Crippen LogP contribution in [0.3, 0.4) is 0 Å². The van der Waals surface area contributed by atoms with Crippen molar-refractivity contribution in [2.24, 2.45) is 0 Å². The van der Waals surface area contributed by atoms with Crippen molar-refractivity contribution in [3.63, 3.8) is 0 Å². The van der Waals surface area contributed by atoms with Crippen LogP contribution in [0.5, 0.6) is 5.75 Å². The molecular weight excluding hydrogens is 372 g/mol. The minimum absolute atomic E-state index is 0.0724. The van der Waals surface area contributed by atoms with Gasteiger partial charge in [0.25, 0.3) is 0 Å². The Bertz CT molecular complexity index is 961. The maximum atomic E-state index is 12.5. The third-order valence-electron chi connectivity index (χ3n) is 5.26. The van der Waals surface area contributed by atoms with E-state index < -0.39 is 0 Å². The van der Waals surface area contributed by atoms with E-state index in [2.05, 4.69) is 29.2 Å². The Balaban J connectivity index is 1.26. The molecule has 0 unspecified atom stereocenters. The summed E-state index contributed by atoms with van der Waals surface area (Å²) in [5.41, 5.74) is 3.36. The first-order valence-corrected chi connectivity index (χ1v) is 10.3. The lowest BCUT2D eigenvalue weighted by atomic mass is 10.2. The van der Waals surface area contributed by atoms with Crippen LogP contribution < -0.4 is 9.64 Å². The number of amides is 1. The van der Waals surface area contributed by atoms with Gasteiger partial charge in [0.15, 0.2) is 0 Å². The van der Waals surface area contributed by atoms with Crippen LogP contribution in [0.2, 0.25) is 0 Å². The lowest BCUT2D eigenvalue weighted by Crippen LogP contribution is -2.48. The molecule has 3 aromatic rings. The first-order valence-electron chi connectivity index (χ1n) is 10.3. The van der Waals surface area contributed by atoms with E-state index in [1.165, 1.54) is 0 Å². The zero-order valence-electron chi connectivity index (χ0n) is 17.0. The molecule has 0 atom stereocenters. The molecule has 152 valence electrons. The number of hydrogen-bond acceptors (Lipinski definition) is 3. The molecule has 1 fully saturated rings. The van der Waals surface area contributed by atoms with Crippen LogP contribution in [-0.4, -0.2) is 37.0 Å². The zero-order valence-corrected chi connectivity index (χ0v) is 17.0. The van der Waals surface area contributed by atoms with Gasteiger partial charge in [0.05, 0.1) is 0 Å². The van der Waals surface area contributed by atoms with E-state index in [4.69, 9.17) is 4.74 Å². The summed E-state index contributed by atoms with van der Waals surface area (Å²) in [6.45, 7) is 3.68. The highest BCUT2D eigenvalue weighted by Crippen LogP contribution is 2.21. The first kappa shape index (κ1) is 19.8. The van der Waals surface area contributed by atoms with Gasteiger partial charge >= 0.3 is 0 Å². The molecule has 3 aromatic carbocycles. The summed E-state index contributed by atoms with van der Waals surface area (Å²) in [7, 11) is 0. The van der Waals surface area contributed by atoms with E-state index >= 15 is 0 Å². The number of hydrogen-bond donors (Lipinski definition) is 0. The number of anilines is 1. The molecule has 0 saturated carbocycles. The van der Waals surface area contributed by atoms with Crippen molar-refractivity contribution in [3.8, 4) is 5.75 Å². The summed E-state index contributed by atoms with van der Waals surface area (Å²) in [6, 6.07) is 28.3. The van der Waals surface area contributed by atoms with Gasteiger partial charge in [-0.15, -0.1) is 0 Å². The summed E-state index contributed by atoms with van der Waals surface area (Å²) in [5.74, 6) is 0.936. The van der Waals surface area contributed by atoms with Crippen molar-refractivity contribution in [1.82, 2.24) is 4.90 Å². The minimum atomic E-state index is 0.0724. The van der Waals surface area contributed by atoms with E-state index in [0.717, 1.165) is 48.7 Å². The van der Waals surface area contributed by atoms with E-state index in [0.29, 0.717) is 6.61 Å². The molecule has 0 bridgehead atoms. The van der Waals surface area contributed by atoms with Crippen molar-refractivity contribution in [3.05, 3.63) is 102 Å². The Morgan fingerprint density at radius 2 is 1.43 bits per heavy atom. The maximum absolute atomic E-state index is 12.5. The maximum Gasteiger partial charge on any atom is 0.246 e. The van der Waals surface area contributed by atoms with Crippen LogP contribution >= 0.6 is 0 Å². The number of carbonyl (C=O) groups is 1. The fourth-order valence-electron chi connectivity index (χ4n) is 3.52. The van der Waals surface area contributed by atoms with Gasteiger partial charge in [-0.05, 0) is 41.5 Å².